The van der Waals surface area contributed by atoms with Crippen molar-refractivity contribution in [1.29, 1.82) is 0 Å². The Labute approximate surface area is 181 Å². The van der Waals surface area contributed by atoms with E-state index in [2.05, 4.69) is 51.0 Å². The van der Waals surface area contributed by atoms with Crippen molar-refractivity contribution in [1.82, 2.24) is 19.8 Å². The predicted octanol–water partition coefficient (Wildman–Crippen LogP) is 3.37. The first kappa shape index (κ1) is 21.4. The van der Waals surface area contributed by atoms with Crippen LogP contribution in [0.25, 0.3) is 0 Å². The summed E-state index contributed by atoms with van der Waals surface area (Å²) in [5.74, 6) is 1.64. The molecule has 4 rings (SSSR count). The van der Waals surface area contributed by atoms with E-state index in [1.54, 1.807) is 18.2 Å². The van der Waals surface area contributed by atoms with Crippen LogP contribution in [0.3, 0.4) is 0 Å². The standard InChI is InChI=1S/C25H36N4O/c1-3-25-26-15-21(16-27-25)18-28(11-12-30-2)17-20-7-6-10-29(19-20)24-13-22-8-4-5-9-23(22)14-24/h4-5,8-9,15-16,20,24H,3,6-7,10-14,17-19H2,1-2H3. The van der Waals surface area contributed by atoms with Gasteiger partial charge in [0.1, 0.15) is 5.82 Å². The molecule has 0 spiro atoms. The number of aromatic nitrogens is 2. The fourth-order valence-electron chi connectivity index (χ4n) is 5.10. The van der Waals surface area contributed by atoms with Crippen molar-refractivity contribution < 1.29 is 4.74 Å². The number of hydrogen-bond acceptors (Lipinski definition) is 5. The average Bonchev–Trinajstić information content (AvgIpc) is 3.23. The number of rotatable bonds is 9. The first-order chi connectivity index (χ1) is 14.7. The molecule has 2 aliphatic rings. The molecule has 162 valence electrons. The molecule has 0 saturated carbocycles. The van der Waals surface area contributed by atoms with Gasteiger partial charge in [0.15, 0.2) is 0 Å². The van der Waals surface area contributed by atoms with Crippen LogP contribution in [0.4, 0.5) is 0 Å². The predicted molar refractivity (Wildman–Crippen MR) is 120 cm³/mol. The van der Waals surface area contributed by atoms with Gasteiger partial charge in [-0.15, -0.1) is 0 Å². The summed E-state index contributed by atoms with van der Waals surface area (Å²) < 4.78 is 5.39. The van der Waals surface area contributed by atoms with Crippen molar-refractivity contribution in [3.8, 4) is 0 Å². The van der Waals surface area contributed by atoms with Gasteiger partial charge in [-0.05, 0) is 49.3 Å². The molecule has 1 unspecified atom stereocenters. The quantitative estimate of drug-likeness (QED) is 0.636. The molecule has 1 aromatic heterocycles. The number of methoxy groups -OCH3 is 1. The van der Waals surface area contributed by atoms with Gasteiger partial charge < -0.3 is 4.74 Å². The van der Waals surface area contributed by atoms with E-state index in [0.29, 0.717) is 6.04 Å². The fourth-order valence-corrected chi connectivity index (χ4v) is 5.10. The number of nitrogens with zero attached hydrogens (tertiary/aromatic N) is 4. The lowest BCUT2D eigenvalue weighted by Crippen LogP contribution is -2.46. The van der Waals surface area contributed by atoms with Gasteiger partial charge in [-0.2, -0.15) is 0 Å². The van der Waals surface area contributed by atoms with Crippen LogP contribution in [0.15, 0.2) is 36.7 Å². The Kier molecular flexibility index (Phi) is 7.47. The molecule has 2 heterocycles. The molecular formula is C25H36N4O. The maximum Gasteiger partial charge on any atom is 0.127 e. The fraction of sp³-hybridized carbons (Fsp3) is 0.600. The lowest BCUT2D eigenvalue weighted by molar-refractivity contribution is 0.0843. The van der Waals surface area contributed by atoms with Gasteiger partial charge >= 0.3 is 0 Å². The molecule has 5 heteroatoms. The summed E-state index contributed by atoms with van der Waals surface area (Å²) in [7, 11) is 1.79. The van der Waals surface area contributed by atoms with E-state index in [0.717, 1.165) is 44.4 Å². The zero-order valence-corrected chi connectivity index (χ0v) is 18.6. The van der Waals surface area contributed by atoms with Crippen LogP contribution in [0.5, 0.6) is 0 Å². The number of hydrogen-bond donors (Lipinski definition) is 0. The second-order valence-electron chi connectivity index (χ2n) is 8.92. The SMILES string of the molecule is CCc1ncc(CN(CCOC)CC2CCCN(C3Cc4ccccc4C3)C2)cn1. The molecular weight excluding hydrogens is 372 g/mol. The van der Waals surface area contributed by atoms with Crippen LogP contribution in [-0.2, 0) is 30.5 Å². The molecule has 0 amide bonds. The zero-order valence-electron chi connectivity index (χ0n) is 18.6. The van der Waals surface area contributed by atoms with Crippen molar-refractivity contribution in [2.45, 2.75) is 51.6 Å². The number of ether oxygens (including phenoxy) is 1. The molecule has 0 N–H and O–H groups in total. The number of piperidine rings is 1. The summed E-state index contributed by atoms with van der Waals surface area (Å²) in [6.07, 6.45) is 9.95. The van der Waals surface area contributed by atoms with E-state index >= 15 is 0 Å². The maximum absolute atomic E-state index is 5.39. The summed E-state index contributed by atoms with van der Waals surface area (Å²) in [6.45, 7) is 8.30. The molecule has 1 aliphatic carbocycles. The van der Waals surface area contributed by atoms with E-state index < -0.39 is 0 Å². The molecule has 0 radical (unpaired) electrons. The summed E-state index contributed by atoms with van der Waals surface area (Å²) >= 11 is 0. The number of likely N-dealkylation sites (tertiary alicyclic amines) is 1. The summed E-state index contributed by atoms with van der Waals surface area (Å²) in [6, 6.07) is 9.69. The smallest absolute Gasteiger partial charge is 0.127 e. The van der Waals surface area contributed by atoms with Crippen molar-refractivity contribution in [3.05, 3.63) is 59.2 Å². The van der Waals surface area contributed by atoms with Gasteiger partial charge in [-0.25, -0.2) is 9.97 Å². The number of benzene rings is 1. The van der Waals surface area contributed by atoms with Gasteiger partial charge in [-0.1, -0.05) is 31.2 Å². The van der Waals surface area contributed by atoms with E-state index in [1.165, 1.54) is 44.3 Å². The van der Waals surface area contributed by atoms with Gasteiger partial charge in [0.05, 0.1) is 6.61 Å². The van der Waals surface area contributed by atoms with Gasteiger partial charge in [0.25, 0.3) is 0 Å². The minimum atomic E-state index is 0.688. The third-order valence-corrected chi connectivity index (χ3v) is 6.71. The largest absolute Gasteiger partial charge is 0.383 e. The van der Waals surface area contributed by atoms with Crippen molar-refractivity contribution in [2.24, 2.45) is 5.92 Å². The molecule has 2 aromatic rings. The van der Waals surface area contributed by atoms with Gasteiger partial charge in [-0.3, -0.25) is 9.80 Å². The Balaban J connectivity index is 1.35. The molecule has 5 nitrogen and oxygen atoms in total. The van der Waals surface area contributed by atoms with Crippen LogP contribution in [-0.4, -0.2) is 65.7 Å². The lowest BCUT2D eigenvalue weighted by Gasteiger charge is -2.38. The van der Waals surface area contributed by atoms with Crippen LogP contribution < -0.4 is 0 Å². The van der Waals surface area contributed by atoms with Crippen molar-refractivity contribution >= 4 is 0 Å². The molecule has 1 fully saturated rings. The second-order valence-corrected chi connectivity index (χ2v) is 8.92. The highest BCUT2D eigenvalue weighted by Gasteiger charge is 2.31. The van der Waals surface area contributed by atoms with Gasteiger partial charge in [0, 0.05) is 63.7 Å². The highest BCUT2D eigenvalue weighted by molar-refractivity contribution is 5.33. The molecule has 0 bridgehead atoms. The van der Waals surface area contributed by atoms with E-state index in [1.807, 2.05) is 12.4 Å². The lowest BCUT2D eigenvalue weighted by atomic mass is 9.95. The van der Waals surface area contributed by atoms with E-state index in [-0.39, 0.29) is 0 Å². The number of fused-ring (bicyclic) bond motifs is 1. The van der Waals surface area contributed by atoms with Crippen LogP contribution in [0.1, 0.15) is 42.3 Å². The molecule has 1 aromatic carbocycles. The highest BCUT2D eigenvalue weighted by atomic mass is 16.5. The van der Waals surface area contributed by atoms with E-state index in [9.17, 15) is 0 Å². The Bertz CT molecular complexity index is 769. The average molecular weight is 409 g/mol. The second kappa shape index (κ2) is 10.5. The molecule has 30 heavy (non-hydrogen) atoms. The minimum absolute atomic E-state index is 0.688. The zero-order chi connectivity index (χ0) is 20.8. The Morgan fingerprint density at radius 1 is 1.13 bits per heavy atom. The summed E-state index contributed by atoms with van der Waals surface area (Å²) in [5.41, 5.74) is 4.31. The minimum Gasteiger partial charge on any atom is -0.383 e. The van der Waals surface area contributed by atoms with Crippen molar-refractivity contribution in [2.75, 3.05) is 39.9 Å². The first-order valence-electron chi connectivity index (χ1n) is 11.6. The van der Waals surface area contributed by atoms with E-state index in [4.69, 9.17) is 4.74 Å². The number of aryl methyl sites for hydroxylation is 1. The molecule has 1 atom stereocenters. The first-order valence-corrected chi connectivity index (χ1v) is 11.6. The Hall–Kier alpha value is -1.82. The monoisotopic (exact) mass is 408 g/mol. The third kappa shape index (κ3) is 5.45. The van der Waals surface area contributed by atoms with Crippen LogP contribution in [0.2, 0.25) is 0 Å². The van der Waals surface area contributed by atoms with Crippen LogP contribution in [0, 0.1) is 5.92 Å². The third-order valence-electron chi connectivity index (χ3n) is 6.71. The normalized spacial score (nSPS) is 20.0. The maximum atomic E-state index is 5.39. The van der Waals surface area contributed by atoms with Gasteiger partial charge in [0.2, 0.25) is 0 Å². The molecule has 1 aliphatic heterocycles. The Morgan fingerprint density at radius 2 is 1.87 bits per heavy atom. The topological polar surface area (TPSA) is 41.5 Å². The molecule has 1 saturated heterocycles. The Morgan fingerprint density at radius 3 is 2.53 bits per heavy atom. The summed E-state index contributed by atoms with van der Waals surface area (Å²) in [5, 5.41) is 0. The van der Waals surface area contributed by atoms with Crippen LogP contribution >= 0.6 is 0 Å². The van der Waals surface area contributed by atoms with Crippen molar-refractivity contribution in [3.63, 3.8) is 0 Å². The summed E-state index contributed by atoms with van der Waals surface area (Å²) in [4.78, 5) is 14.3. The highest BCUT2D eigenvalue weighted by Crippen LogP contribution is 2.29.